The molecule has 1 heterocycles. The quantitative estimate of drug-likeness (QED) is 0.745. The Bertz CT molecular complexity index is 434. The number of amides is 1. The van der Waals surface area contributed by atoms with E-state index in [-0.39, 0.29) is 11.2 Å². The zero-order valence-electron chi connectivity index (χ0n) is 8.43. The van der Waals surface area contributed by atoms with E-state index in [0.717, 1.165) is 0 Å². The van der Waals surface area contributed by atoms with E-state index in [1.54, 1.807) is 13.8 Å². The Hall–Kier alpha value is -1.14. The highest BCUT2D eigenvalue weighted by molar-refractivity contribution is 9.10. The molecule has 15 heavy (non-hydrogen) atoms. The molecule has 0 radical (unpaired) electrons. The van der Waals surface area contributed by atoms with Crippen LogP contribution in [0.1, 0.15) is 13.8 Å². The molecule has 4 N–H and O–H groups in total. The van der Waals surface area contributed by atoms with Crippen molar-refractivity contribution in [2.45, 2.75) is 19.4 Å². The molecule has 0 aliphatic heterocycles. The number of pyridine rings is 1. The van der Waals surface area contributed by atoms with Gasteiger partial charge in [-0.15, -0.1) is 0 Å². The molecule has 0 aromatic carbocycles. The molecule has 0 saturated carbocycles. The van der Waals surface area contributed by atoms with Crippen LogP contribution >= 0.6 is 15.9 Å². The molecule has 1 aromatic rings. The summed E-state index contributed by atoms with van der Waals surface area (Å²) in [4.78, 5) is 25.3. The summed E-state index contributed by atoms with van der Waals surface area (Å²) in [5.41, 5.74) is 4.37. The van der Waals surface area contributed by atoms with Crippen molar-refractivity contribution in [2.24, 2.45) is 5.73 Å². The average Bonchev–Trinajstić information content (AvgIpc) is 2.09. The zero-order valence-corrected chi connectivity index (χ0v) is 10.0. The monoisotopic (exact) mass is 273 g/mol. The molecule has 0 bridgehead atoms. The Morgan fingerprint density at radius 3 is 2.73 bits per heavy atom. The van der Waals surface area contributed by atoms with E-state index in [2.05, 4.69) is 26.2 Å². The predicted molar refractivity (Wildman–Crippen MR) is 61.7 cm³/mol. The summed E-state index contributed by atoms with van der Waals surface area (Å²) in [6.45, 7) is 3.13. The number of halogens is 1. The number of aromatic amines is 1. The van der Waals surface area contributed by atoms with E-state index in [4.69, 9.17) is 5.73 Å². The van der Waals surface area contributed by atoms with E-state index < -0.39 is 11.4 Å². The van der Waals surface area contributed by atoms with Gasteiger partial charge in [-0.3, -0.25) is 9.59 Å². The first-order valence-corrected chi connectivity index (χ1v) is 5.08. The fourth-order valence-corrected chi connectivity index (χ4v) is 1.18. The van der Waals surface area contributed by atoms with Crippen LogP contribution in [-0.4, -0.2) is 16.4 Å². The Kier molecular flexibility index (Phi) is 3.31. The summed E-state index contributed by atoms with van der Waals surface area (Å²) in [5, 5.41) is 2.45. The number of anilines is 1. The maximum Gasteiger partial charge on any atom is 0.271 e. The third-order valence-electron chi connectivity index (χ3n) is 1.70. The lowest BCUT2D eigenvalue weighted by molar-refractivity contribution is -0.120. The first-order chi connectivity index (χ1) is 6.80. The second-order valence-electron chi connectivity index (χ2n) is 3.74. The largest absolute Gasteiger partial charge is 0.326 e. The van der Waals surface area contributed by atoms with Crippen LogP contribution in [0.15, 0.2) is 21.5 Å². The topological polar surface area (TPSA) is 88.0 Å². The Morgan fingerprint density at radius 2 is 2.20 bits per heavy atom. The standard InChI is InChI=1S/C9H12BrN3O2/c1-9(2,11)8(15)13-6-3-5(10)4-12-7(6)14/h3-4H,11H2,1-2H3,(H,12,14)(H,13,15). The maximum atomic E-state index is 11.5. The number of hydrogen-bond acceptors (Lipinski definition) is 3. The molecule has 1 aromatic heterocycles. The van der Waals surface area contributed by atoms with Crippen molar-refractivity contribution in [1.82, 2.24) is 4.98 Å². The molecule has 0 aliphatic rings. The fraction of sp³-hybridized carbons (Fsp3) is 0.333. The Balaban J connectivity index is 2.95. The summed E-state index contributed by atoms with van der Waals surface area (Å²) < 4.78 is 0.673. The number of rotatable bonds is 2. The molecular formula is C9H12BrN3O2. The highest BCUT2D eigenvalue weighted by Gasteiger charge is 2.22. The lowest BCUT2D eigenvalue weighted by Crippen LogP contribution is -2.46. The van der Waals surface area contributed by atoms with Crippen molar-refractivity contribution in [3.8, 4) is 0 Å². The molecule has 1 amide bonds. The summed E-state index contributed by atoms with van der Waals surface area (Å²) in [7, 11) is 0. The average molecular weight is 274 g/mol. The number of nitrogens with two attached hydrogens (primary N) is 1. The van der Waals surface area contributed by atoms with Crippen molar-refractivity contribution in [2.75, 3.05) is 5.32 Å². The number of carbonyl (C=O) groups excluding carboxylic acids is 1. The fourth-order valence-electron chi connectivity index (χ4n) is 0.834. The van der Waals surface area contributed by atoms with Crippen molar-refractivity contribution < 1.29 is 4.79 Å². The third kappa shape index (κ3) is 3.17. The number of aromatic nitrogens is 1. The van der Waals surface area contributed by atoms with Crippen LogP contribution in [-0.2, 0) is 4.79 Å². The molecule has 0 fully saturated rings. The van der Waals surface area contributed by atoms with Crippen LogP contribution < -0.4 is 16.6 Å². The minimum absolute atomic E-state index is 0.174. The van der Waals surface area contributed by atoms with E-state index in [1.807, 2.05) is 0 Å². The van der Waals surface area contributed by atoms with Crippen LogP contribution in [0.4, 0.5) is 5.69 Å². The molecule has 0 unspecified atom stereocenters. The van der Waals surface area contributed by atoms with Crippen LogP contribution in [0, 0.1) is 0 Å². The zero-order chi connectivity index (χ0) is 11.6. The highest BCUT2D eigenvalue weighted by atomic mass is 79.9. The summed E-state index contributed by atoms with van der Waals surface area (Å²) in [6.07, 6.45) is 1.49. The third-order valence-corrected chi connectivity index (χ3v) is 2.16. The number of hydrogen-bond donors (Lipinski definition) is 3. The van der Waals surface area contributed by atoms with Crippen LogP contribution in [0.3, 0.4) is 0 Å². The van der Waals surface area contributed by atoms with Crippen LogP contribution in [0.25, 0.3) is 0 Å². The molecule has 0 saturated heterocycles. The normalized spacial score (nSPS) is 11.2. The van der Waals surface area contributed by atoms with E-state index in [9.17, 15) is 9.59 Å². The first-order valence-electron chi connectivity index (χ1n) is 4.29. The van der Waals surface area contributed by atoms with Crippen molar-refractivity contribution in [3.63, 3.8) is 0 Å². The van der Waals surface area contributed by atoms with Gasteiger partial charge in [0, 0.05) is 10.7 Å². The lowest BCUT2D eigenvalue weighted by atomic mass is 10.1. The Labute approximate surface area is 95.2 Å². The second-order valence-corrected chi connectivity index (χ2v) is 4.65. The van der Waals surface area contributed by atoms with Crippen molar-refractivity contribution >= 4 is 27.5 Å². The van der Waals surface area contributed by atoms with Crippen molar-refractivity contribution in [1.29, 1.82) is 0 Å². The van der Waals surface area contributed by atoms with Crippen LogP contribution in [0.2, 0.25) is 0 Å². The van der Waals surface area contributed by atoms with E-state index >= 15 is 0 Å². The lowest BCUT2D eigenvalue weighted by Gasteiger charge is -2.17. The minimum atomic E-state index is -1.02. The molecule has 0 spiro atoms. The molecule has 6 heteroatoms. The molecule has 1 rings (SSSR count). The van der Waals surface area contributed by atoms with Gasteiger partial charge in [-0.1, -0.05) is 0 Å². The van der Waals surface area contributed by atoms with Gasteiger partial charge < -0.3 is 16.0 Å². The van der Waals surface area contributed by atoms with Crippen LogP contribution in [0.5, 0.6) is 0 Å². The number of H-pyrrole nitrogens is 1. The van der Waals surface area contributed by atoms with Gasteiger partial charge in [0.15, 0.2) is 0 Å². The molecular weight excluding hydrogens is 262 g/mol. The number of carbonyl (C=O) groups is 1. The van der Waals surface area contributed by atoms with Gasteiger partial charge in [-0.05, 0) is 35.8 Å². The van der Waals surface area contributed by atoms with E-state index in [1.165, 1.54) is 12.3 Å². The molecule has 0 aliphatic carbocycles. The molecule has 5 nitrogen and oxygen atoms in total. The summed E-state index contributed by atoms with van der Waals surface area (Å²) in [6, 6.07) is 1.52. The van der Waals surface area contributed by atoms with Gasteiger partial charge >= 0.3 is 0 Å². The van der Waals surface area contributed by atoms with Gasteiger partial charge in [0.05, 0.1) is 5.54 Å². The molecule has 0 atom stereocenters. The SMILES string of the molecule is CC(C)(N)C(=O)Nc1cc(Br)c[nH]c1=O. The summed E-state index contributed by atoms with van der Waals surface area (Å²) >= 11 is 3.18. The predicted octanol–water partition coefficient (Wildman–Crippen LogP) is 0.813. The Morgan fingerprint density at radius 1 is 1.60 bits per heavy atom. The van der Waals surface area contributed by atoms with Gasteiger partial charge in [0.2, 0.25) is 5.91 Å². The second kappa shape index (κ2) is 4.16. The summed E-state index contributed by atoms with van der Waals surface area (Å²) in [5.74, 6) is -0.411. The highest BCUT2D eigenvalue weighted by Crippen LogP contribution is 2.11. The molecule has 82 valence electrons. The van der Waals surface area contributed by atoms with Crippen molar-refractivity contribution in [3.05, 3.63) is 27.1 Å². The smallest absolute Gasteiger partial charge is 0.271 e. The maximum absolute atomic E-state index is 11.5. The van der Waals surface area contributed by atoms with Gasteiger partial charge in [-0.2, -0.15) is 0 Å². The van der Waals surface area contributed by atoms with Gasteiger partial charge in [0.25, 0.3) is 5.56 Å². The van der Waals surface area contributed by atoms with Gasteiger partial charge in [-0.25, -0.2) is 0 Å². The number of nitrogens with one attached hydrogen (secondary N) is 2. The van der Waals surface area contributed by atoms with E-state index in [0.29, 0.717) is 4.47 Å². The minimum Gasteiger partial charge on any atom is -0.326 e. The first kappa shape index (κ1) is 11.9. The van der Waals surface area contributed by atoms with Gasteiger partial charge in [0.1, 0.15) is 5.69 Å².